The second-order valence-electron chi connectivity index (χ2n) is 2.77. The molecule has 0 heterocycles. The van der Waals surface area contributed by atoms with Gasteiger partial charge in [0.25, 0.3) is 0 Å². The van der Waals surface area contributed by atoms with Gasteiger partial charge < -0.3 is 4.55 Å². The molecule has 0 atom stereocenters. The molecule has 12 heteroatoms. The Morgan fingerprint density at radius 2 is 1.00 bits per heavy atom. The van der Waals surface area contributed by atoms with Crippen molar-refractivity contribution in [2.45, 2.75) is 22.8 Å². The van der Waals surface area contributed by atoms with E-state index in [4.69, 9.17) is 0 Å². The number of hydrogen-bond acceptors (Lipinski definition) is 3. The van der Waals surface area contributed by atoms with Crippen molar-refractivity contribution >= 4 is 10.1 Å². The molecule has 0 radical (unpaired) electrons. The summed E-state index contributed by atoms with van der Waals surface area (Å²) in [5.74, 6) is -18.7. The number of halogens is 7. The molecular formula is C4F7NaO3S. The molecule has 1 fully saturated rings. The van der Waals surface area contributed by atoms with Crippen molar-refractivity contribution in [3.8, 4) is 0 Å². The first kappa shape index (κ1) is 16.4. The summed E-state index contributed by atoms with van der Waals surface area (Å²) in [5.41, 5.74) is 0. The molecule has 0 amide bonds. The van der Waals surface area contributed by atoms with Crippen LogP contribution in [0.5, 0.6) is 0 Å². The van der Waals surface area contributed by atoms with Gasteiger partial charge in [-0.3, -0.25) is 0 Å². The van der Waals surface area contributed by atoms with Gasteiger partial charge in [-0.2, -0.15) is 26.3 Å². The standard InChI is InChI=1S/C4HF7O3S.Na/c5-1(6)2(7,8)4(11,3(1,9)10)15(12,13)14;/h(H,12,13,14);/q;+1/p-1. The summed E-state index contributed by atoms with van der Waals surface area (Å²) in [6.07, 6.45) is 0. The molecule has 1 rings (SSSR count). The maximum atomic E-state index is 12.6. The number of rotatable bonds is 1. The molecule has 16 heavy (non-hydrogen) atoms. The van der Waals surface area contributed by atoms with Crippen molar-refractivity contribution in [1.82, 2.24) is 0 Å². The molecule has 0 aromatic heterocycles. The summed E-state index contributed by atoms with van der Waals surface area (Å²) in [4.78, 5) is 0. The summed E-state index contributed by atoms with van der Waals surface area (Å²) in [6, 6.07) is 0. The number of hydrogen-bond donors (Lipinski definition) is 0. The molecule has 1 aliphatic rings. The fraction of sp³-hybridized carbons (Fsp3) is 1.00. The molecular weight excluding hydrogens is 284 g/mol. The average molecular weight is 284 g/mol. The molecule has 3 nitrogen and oxygen atoms in total. The van der Waals surface area contributed by atoms with E-state index in [1.807, 2.05) is 0 Å². The fourth-order valence-electron chi connectivity index (χ4n) is 1.05. The Bertz CT molecular complexity index is 386. The van der Waals surface area contributed by atoms with Crippen molar-refractivity contribution in [2.24, 2.45) is 0 Å². The zero-order valence-corrected chi connectivity index (χ0v) is 10.1. The van der Waals surface area contributed by atoms with E-state index in [2.05, 4.69) is 0 Å². The van der Waals surface area contributed by atoms with Crippen molar-refractivity contribution < 1.29 is 73.3 Å². The number of alkyl halides is 7. The van der Waals surface area contributed by atoms with Crippen LogP contribution in [0.2, 0.25) is 0 Å². The monoisotopic (exact) mass is 284 g/mol. The van der Waals surface area contributed by atoms with E-state index >= 15 is 0 Å². The molecule has 0 N–H and O–H groups in total. The summed E-state index contributed by atoms with van der Waals surface area (Å²) in [7, 11) is -6.95. The first-order valence-corrected chi connectivity index (χ1v) is 4.44. The van der Waals surface area contributed by atoms with E-state index in [1.54, 1.807) is 0 Å². The van der Waals surface area contributed by atoms with Gasteiger partial charge in [0.05, 0.1) is 0 Å². The Morgan fingerprint density at radius 3 is 1.12 bits per heavy atom. The van der Waals surface area contributed by atoms with Gasteiger partial charge in [-0.1, -0.05) is 0 Å². The quantitative estimate of drug-likeness (QED) is 0.322. The van der Waals surface area contributed by atoms with Gasteiger partial charge in [0.15, 0.2) is 0 Å². The molecule has 1 saturated carbocycles. The minimum atomic E-state index is -6.95. The summed E-state index contributed by atoms with van der Waals surface area (Å²) >= 11 is 0. The molecule has 90 valence electrons. The van der Waals surface area contributed by atoms with Gasteiger partial charge in [0, 0.05) is 0 Å². The molecule has 0 aromatic rings. The summed E-state index contributed by atoms with van der Waals surface area (Å²) in [6.45, 7) is 0. The largest absolute Gasteiger partial charge is 1.00 e. The van der Waals surface area contributed by atoms with Gasteiger partial charge in [-0.25, -0.2) is 12.8 Å². The molecule has 0 bridgehead atoms. The van der Waals surface area contributed by atoms with Gasteiger partial charge in [-0.05, 0) is 0 Å². The van der Waals surface area contributed by atoms with Crippen LogP contribution in [0.15, 0.2) is 0 Å². The van der Waals surface area contributed by atoms with Gasteiger partial charge in [0.1, 0.15) is 10.1 Å². The second kappa shape index (κ2) is 3.46. The maximum absolute atomic E-state index is 12.6. The van der Waals surface area contributed by atoms with Gasteiger partial charge in [0.2, 0.25) is 0 Å². The third-order valence-corrected chi connectivity index (χ3v) is 3.14. The second-order valence-corrected chi connectivity index (χ2v) is 4.24. The SMILES string of the molecule is O=S(=O)([O-])C1(F)C(F)(F)C(F)(F)C1(F)F.[Na+]. The minimum absolute atomic E-state index is 0. The van der Waals surface area contributed by atoms with Crippen molar-refractivity contribution in [3.63, 3.8) is 0 Å². The Kier molecular flexibility index (Phi) is 3.56. The summed E-state index contributed by atoms with van der Waals surface area (Å²) < 4.78 is 115. The predicted molar refractivity (Wildman–Crippen MR) is 28.4 cm³/mol. The summed E-state index contributed by atoms with van der Waals surface area (Å²) in [5, 5.41) is -6.11. The van der Waals surface area contributed by atoms with Crippen LogP contribution in [-0.2, 0) is 10.1 Å². The average Bonchev–Trinajstić information content (AvgIpc) is 1.98. The molecule has 0 unspecified atom stereocenters. The van der Waals surface area contributed by atoms with E-state index in [-0.39, 0.29) is 29.6 Å². The third-order valence-electron chi connectivity index (χ3n) is 1.94. The first-order valence-electron chi connectivity index (χ1n) is 3.03. The van der Waals surface area contributed by atoms with Crippen molar-refractivity contribution in [2.75, 3.05) is 0 Å². The van der Waals surface area contributed by atoms with E-state index in [1.165, 1.54) is 0 Å². The van der Waals surface area contributed by atoms with Crippen LogP contribution in [0.25, 0.3) is 0 Å². The van der Waals surface area contributed by atoms with Crippen LogP contribution < -0.4 is 29.6 Å². The molecule has 1 aliphatic carbocycles. The van der Waals surface area contributed by atoms with Crippen LogP contribution in [0.1, 0.15) is 0 Å². The van der Waals surface area contributed by atoms with Crippen LogP contribution >= 0.6 is 0 Å². The van der Waals surface area contributed by atoms with E-state index in [9.17, 15) is 43.7 Å². The zero-order valence-electron chi connectivity index (χ0n) is 7.28. The Morgan fingerprint density at radius 1 is 0.750 bits per heavy atom. The van der Waals surface area contributed by atoms with Crippen molar-refractivity contribution in [3.05, 3.63) is 0 Å². The van der Waals surface area contributed by atoms with E-state index in [0.717, 1.165) is 0 Å². The van der Waals surface area contributed by atoms with Gasteiger partial charge >= 0.3 is 52.3 Å². The topological polar surface area (TPSA) is 57.2 Å². The van der Waals surface area contributed by atoms with E-state index < -0.39 is 32.9 Å². The zero-order chi connectivity index (χ0) is 12.5. The maximum Gasteiger partial charge on any atom is 1.00 e. The molecule has 0 saturated heterocycles. The normalized spacial score (nSPS) is 28.8. The van der Waals surface area contributed by atoms with Gasteiger partial charge in [-0.15, -0.1) is 0 Å². The third kappa shape index (κ3) is 1.26. The Hall–Kier alpha value is 0.420. The Balaban J connectivity index is 0.00000225. The van der Waals surface area contributed by atoms with Crippen LogP contribution in [0.3, 0.4) is 0 Å². The molecule has 0 aliphatic heterocycles. The van der Waals surface area contributed by atoms with Crippen LogP contribution in [0, 0.1) is 0 Å². The van der Waals surface area contributed by atoms with E-state index in [0.29, 0.717) is 0 Å². The van der Waals surface area contributed by atoms with Crippen molar-refractivity contribution in [1.29, 1.82) is 0 Å². The van der Waals surface area contributed by atoms with Crippen LogP contribution in [0.4, 0.5) is 30.7 Å². The van der Waals surface area contributed by atoms with Crippen LogP contribution in [-0.4, -0.2) is 35.7 Å². The molecule has 0 aromatic carbocycles. The smallest absolute Gasteiger partial charge is 0.745 e. The first-order chi connectivity index (χ1) is 6.25. The minimum Gasteiger partial charge on any atom is -0.745 e. The predicted octanol–water partition coefficient (Wildman–Crippen LogP) is -1.88. The molecule has 0 spiro atoms. The fourth-order valence-corrected chi connectivity index (χ4v) is 1.93. The Labute approximate surface area is 106 Å².